The van der Waals surface area contributed by atoms with Crippen LogP contribution in [-0.2, 0) is 4.79 Å². The first-order valence-corrected chi connectivity index (χ1v) is 7.75. The van der Waals surface area contributed by atoms with Gasteiger partial charge in [-0.1, -0.05) is 34.8 Å². The number of benzene rings is 2. The molecule has 2 aromatic carbocycles. The third-order valence-corrected chi connectivity index (χ3v) is 3.72. The Morgan fingerprint density at radius 3 is 2.36 bits per heavy atom. The highest BCUT2D eigenvalue weighted by atomic mass is 35.5. The van der Waals surface area contributed by atoms with Crippen molar-refractivity contribution in [2.45, 2.75) is 6.92 Å². The molecule has 0 atom stereocenters. The molecular formula is C15H9Cl3N2O5. The highest BCUT2D eigenvalue weighted by molar-refractivity contribution is 6.37. The molecule has 0 aliphatic rings. The summed E-state index contributed by atoms with van der Waals surface area (Å²) in [5.41, 5.74) is -0.196. The maximum absolute atomic E-state index is 12.5. The lowest BCUT2D eigenvalue weighted by molar-refractivity contribution is -0.384. The molecular weight excluding hydrogens is 395 g/mol. The third-order valence-electron chi connectivity index (χ3n) is 2.91. The molecule has 0 saturated carbocycles. The molecule has 7 nitrogen and oxygen atoms in total. The van der Waals surface area contributed by atoms with Crippen molar-refractivity contribution in [3.05, 3.63) is 61.1 Å². The van der Waals surface area contributed by atoms with E-state index in [1.54, 1.807) is 0 Å². The van der Waals surface area contributed by atoms with Crippen molar-refractivity contribution in [2.24, 2.45) is 0 Å². The van der Waals surface area contributed by atoms with Gasteiger partial charge in [-0.05, 0) is 18.2 Å². The first-order valence-electron chi connectivity index (χ1n) is 6.61. The Morgan fingerprint density at radius 2 is 1.80 bits per heavy atom. The average molecular weight is 404 g/mol. The van der Waals surface area contributed by atoms with Crippen LogP contribution in [-0.4, -0.2) is 16.8 Å². The molecule has 0 aromatic heterocycles. The maximum atomic E-state index is 12.5. The van der Waals surface area contributed by atoms with Crippen LogP contribution in [0.25, 0.3) is 0 Å². The van der Waals surface area contributed by atoms with E-state index in [9.17, 15) is 19.7 Å². The SMILES string of the molecule is CC(=O)Oc1c(Cl)cc(Cl)cc1C(=O)Nc1ccc([N+](=O)[O-])cc1Cl. The van der Waals surface area contributed by atoms with Crippen molar-refractivity contribution >= 4 is 58.1 Å². The number of rotatable bonds is 4. The molecule has 25 heavy (non-hydrogen) atoms. The zero-order chi connectivity index (χ0) is 18.7. The second kappa shape index (κ2) is 7.69. The predicted molar refractivity (Wildman–Crippen MR) is 93.8 cm³/mol. The van der Waals surface area contributed by atoms with E-state index in [1.807, 2.05) is 0 Å². The second-order valence-corrected chi connectivity index (χ2v) is 5.98. The zero-order valence-corrected chi connectivity index (χ0v) is 14.8. The number of nitro benzene ring substituents is 1. The number of halogens is 3. The van der Waals surface area contributed by atoms with E-state index in [4.69, 9.17) is 39.5 Å². The molecule has 0 unspecified atom stereocenters. The summed E-state index contributed by atoms with van der Waals surface area (Å²) in [7, 11) is 0. The second-order valence-electron chi connectivity index (χ2n) is 4.73. The van der Waals surface area contributed by atoms with Gasteiger partial charge in [-0.25, -0.2) is 0 Å². The Balaban J connectivity index is 2.38. The summed E-state index contributed by atoms with van der Waals surface area (Å²) in [6.07, 6.45) is 0. The van der Waals surface area contributed by atoms with Crippen LogP contribution < -0.4 is 10.1 Å². The predicted octanol–water partition coefficient (Wildman–Crippen LogP) is 4.73. The molecule has 0 radical (unpaired) electrons. The van der Waals surface area contributed by atoms with Crippen molar-refractivity contribution in [3.63, 3.8) is 0 Å². The minimum atomic E-state index is -0.712. The molecule has 1 N–H and O–H groups in total. The number of nitro groups is 1. The van der Waals surface area contributed by atoms with Gasteiger partial charge in [0.15, 0.2) is 5.75 Å². The maximum Gasteiger partial charge on any atom is 0.308 e. The third kappa shape index (κ3) is 4.60. The summed E-state index contributed by atoms with van der Waals surface area (Å²) in [5.74, 6) is -1.54. The van der Waals surface area contributed by atoms with Gasteiger partial charge in [-0.15, -0.1) is 0 Å². The Kier molecular flexibility index (Phi) is 5.84. The number of anilines is 1. The van der Waals surface area contributed by atoms with E-state index in [1.165, 1.54) is 24.3 Å². The van der Waals surface area contributed by atoms with E-state index in [2.05, 4.69) is 5.32 Å². The van der Waals surface area contributed by atoms with Crippen LogP contribution in [0.2, 0.25) is 15.1 Å². The number of non-ortho nitro benzene ring substituents is 1. The molecule has 0 bridgehead atoms. The molecule has 130 valence electrons. The van der Waals surface area contributed by atoms with Crippen molar-refractivity contribution in [1.29, 1.82) is 0 Å². The quantitative estimate of drug-likeness (QED) is 0.344. The lowest BCUT2D eigenvalue weighted by Gasteiger charge is -2.12. The van der Waals surface area contributed by atoms with Gasteiger partial charge >= 0.3 is 5.97 Å². The van der Waals surface area contributed by atoms with Crippen LogP contribution in [0, 0.1) is 10.1 Å². The van der Waals surface area contributed by atoms with E-state index >= 15 is 0 Å². The summed E-state index contributed by atoms with van der Waals surface area (Å²) in [6.45, 7) is 1.15. The van der Waals surface area contributed by atoms with Gasteiger partial charge in [0.1, 0.15) is 0 Å². The zero-order valence-electron chi connectivity index (χ0n) is 12.5. The molecule has 1 amide bonds. The minimum absolute atomic E-state index is 0.0253. The van der Waals surface area contributed by atoms with Crippen LogP contribution in [0.3, 0.4) is 0 Å². The molecule has 10 heteroatoms. The Morgan fingerprint density at radius 1 is 1.12 bits per heavy atom. The van der Waals surface area contributed by atoms with E-state index in [-0.39, 0.29) is 37.8 Å². The van der Waals surface area contributed by atoms with Gasteiger partial charge < -0.3 is 10.1 Å². The van der Waals surface area contributed by atoms with Gasteiger partial charge in [0.05, 0.1) is 26.2 Å². The fourth-order valence-electron chi connectivity index (χ4n) is 1.89. The van der Waals surface area contributed by atoms with Crippen molar-refractivity contribution < 1.29 is 19.2 Å². The van der Waals surface area contributed by atoms with Crippen molar-refractivity contribution in [3.8, 4) is 5.75 Å². The highest BCUT2D eigenvalue weighted by Crippen LogP contribution is 2.34. The van der Waals surface area contributed by atoms with E-state index in [0.29, 0.717) is 0 Å². The molecule has 0 aliphatic carbocycles. The normalized spacial score (nSPS) is 10.2. The topological polar surface area (TPSA) is 98.5 Å². The van der Waals surface area contributed by atoms with Crippen LogP contribution in [0.4, 0.5) is 11.4 Å². The number of hydrogen-bond donors (Lipinski definition) is 1. The van der Waals surface area contributed by atoms with E-state index < -0.39 is 16.8 Å². The number of carbonyl (C=O) groups is 2. The largest absolute Gasteiger partial charge is 0.424 e. The molecule has 0 fully saturated rings. The molecule has 0 heterocycles. The van der Waals surface area contributed by atoms with E-state index in [0.717, 1.165) is 13.0 Å². The van der Waals surface area contributed by atoms with Crippen LogP contribution in [0.15, 0.2) is 30.3 Å². The van der Waals surface area contributed by atoms with Crippen LogP contribution in [0.5, 0.6) is 5.75 Å². The molecule has 0 spiro atoms. The monoisotopic (exact) mass is 402 g/mol. The summed E-state index contributed by atoms with van der Waals surface area (Å²) < 4.78 is 4.96. The highest BCUT2D eigenvalue weighted by Gasteiger charge is 2.20. The summed E-state index contributed by atoms with van der Waals surface area (Å²) in [4.78, 5) is 33.8. The standard InChI is InChI=1S/C15H9Cl3N2O5/c1-7(21)25-14-10(4-8(16)5-12(14)18)15(22)19-13-3-2-9(20(23)24)6-11(13)17/h2-6H,1H3,(H,19,22). The number of ether oxygens (including phenoxy) is 1. The van der Waals surface area contributed by atoms with Crippen molar-refractivity contribution in [2.75, 3.05) is 5.32 Å². The number of hydrogen-bond acceptors (Lipinski definition) is 5. The Labute approximate surface area is 156 Å². The van der Waals surface area contributed by atoms with Gasteiger partial charge in [0, 0.05) is 24.1 Å². The fraction of sp³-hybridized carbons (Fsp3) is 0.0667. The molecule has 2 aromatic rings. The van der Waals surface area contributed by atoms with Gasteiger partial charge in [-0.2, -0.15) is 0 Å². The van der Waals surface area contributed by atoms with Crippen LogP contribution in [0.1, 0.15) is 17.3 Å². The number of amides is 1. The Bertz CT molecular complexity index is 886. The number of nitrogens with one attached hydrogen (secondary N) is 1. The molecule has 0 saturated heterocycles. The fourth-order valence-corrected chi connectivity index (χ4v) is 2.64. The summed E-state index contributed by atoms with van der Waals surface area (Å²) in [6, 6.07) is 6.13. The average Bonchev–Trinajstić information content (AvgIpc) is 2.51. The lowest BCUT2D eigenvalue weighted by atomic mass is 10.1. The number of carbonyl (C=O) groups excluding carboxylic acids is 2. The lowest BCUT2D eigenvalue weighted by Crippen LogP contribution is -2.15. The minimum Gasteiger partial charge on any atom is -0.424 e. The van der Waals surface area contributed by atoms with Gasteiger partial charge in [-0.3, -0.25) is 19.7 Å². The Hall–Kier alpha value is -2.35. The molecule has 2 rings (SSSR count). The van der Waals surface area contributed by atoms with Gasteiger partial charge in [0.2, 0.25) is 0 Å². The number of nitrogens with zero attached hydrogens (tertiary/aromatic N) is 1. The van der Waals surface area contributed by atoms with Gasteiger partial charge in [0.25, 0.3) is 11.6 Å². The smallest absolute Gasteiger partial charge is 0.308 e. The van der Waals surface area contributed by atoms with Crippen molar-refractivity contribution in [1.82, 2.24) is 0 Å². The summed E-state index contributed by atoms with van der Waals surface area (Å²) in [5, 5.41) is 13.3. The number of esters is 1. The summed E-state index contributed by atoms with van der Waals surface area (Å²) >= 11 is 17.8. The van der Waals surface area contributed by atoms with Crippen LogP contribution >= 0.6 is 34.8 Å². The first kappa shape index (κ1) is 19.0. The first-order chi connectivity index (χ1) is 11.7. The molecule has 0 aliphatic heterocycles.